The van der Waals surface area contributed by atoms with Crippen LogP contribution in [-0.4, -0.2) is 15.9 Å². The molecule has 4 rings (SSSR count). The highest BCUT2D eigenvalue weighted by Gasteiger charge is 2.08. The topological polar surface area (TPSA) is 66.9 Å². The molecule has 0 saturated carbocycles. The lowest BCUT2D eigenvalue weighted by Crippen LogP contribution is -2.12. The van der Waals surface area contributed by atoms with Gasteiger partial charge in [-0.3, -0.25) is 4.79 Å². The van der Waals surface area contributed by atoms with E-state index in [2.05, 4.69) is 39.7 Å². The van der Waals surface area contributed by atoms with Crippen LogP contribution in [0.1, 0.15) is 35.7 Å². The summed E-state index contributed by atoms with van der Waals surface area (Å²) in [5, 5.41) is 6.24. The summed E-state index contributed by atoms with van der Waals surface area (Å²) in [7, 11) is 0. The molecule has 0 saturated heterocycles. The van der Waals surface area contributed by atoms with Crippen LogP contribution in [0.5, 0.6) is 0 Å². The molecule has 0 aliphatic rings. The molecule has 0 bridgehead atoms. The smallest absolute Gasteiger partial charge is 0.255 e. The number of benzene rings is 3. The van der Waals surface area contributed by atoms with Crippen molar-refractivity contribution in [1.29, 1.82) is 0 Å². The van der Waals surface area contributed by atoms with Gasteiger partial charge in [0.25, 0.3) is 5.91 Å². The summed E-state index contributed by atoms with van der Waals surface area (Å²) in [6.45, 7) is 2.19. The Morgan fingerprint density at radius 3 is 2.44 bits per heavy atom. The fourth-order valence-corrected chi connectivity index (χ4v) is 3.42. The van der Waals surface area contributed by atoms with Crippen molar-refractivity contribution in [2.45, 2.75) is 26.2 Å². The van der Waals surface area contributed by atoms with E-state index in [-0.39, 0.29) is 5.91 Å². The molecule has 0 aliphatic carbocycles. The number of anilines is 3. The molecule has 32 heavy (non-hydrogen) atoms. The van der Waals surface area contributed by atoms with E-state index in [0.29, 0.717) is 11.4 Å². The molecular formula is C27H26N4O. The van der Waals surface area contributed by atoms with Crippen LogP contribution >= 0.6 is 0 Å². The molecule has 160 valence electrons. The Kier molecular flexibility index (Phi) is 6.88. The number of nitrogens with one attached hydrogen (secondary N) is 2. The summed E-state index contributed by atoms with van der Waals surface area (Å²) in [5.41, 5.74) is 5.28. The van der Waals surface area contributed by atoms with Gasteiger partial charge in [-0.15, -0.1) is 0 Å². The second-order valence-corrected chi connectivity index (χ2v) is 7.61. The van der Waals surface area contributed by atoms with Crippen molar-refractivity contribution in [3.05, 3.63) is 102 Å². The van der Waals surface area contributed by atoms with Gasteiger partial charge in [0.1, 0.15) is 12.1 Å². The second kappa shape index (κ2) is 10.4. The number of nitrogens with zero attached hydrogens (tertiary/aromatic N) is 2. The van der Waals surface area contributed by atoms with E-state index in [0.717, 1.165) is 29.1 Å². The standard InChI is InChI=1S/C27H26N4O/c1-2-3-8-20-13-15-23(16-14-20)31-27(32)22-11-7-12-24(17-22)30-26-18-25(28-19-29-26)21-9-5-4-6-10-21/h4-7,9-19H,2-3,8H2,1H3,(H,31,32)(H,28,29,30). The Balaban J connectivity index is 1.44. The Bertz CT molecular complexity index is 1170. The van der Waals surface area contributed by atoms with E-state index < -0.39 is 0 Å². The van der Waals surface area contributed by atoms with Crippen LogP contribution in [0.3, 0.4) is 0 Å². The quantitative estimate of drug-likeness (QED) is 0.341. The molecule has 1 heterocycles. The molecule has 0 spiro atoms. The summed E-state index contributed by atoms with van der Waals surface area (Å²) in [4.78, 5) is 21.4. The molecule has 5 nitrogen and oxygen atoms in total. The van der Waals surface area contributed by atoms with Gasteiger partial charge in [-0.1, -0.05) is 61.9 Å². The molecule has 0 atom stereocenters. The number of rotatable bonds is 8. The van der Waals surface area contributed by atoms with Gasteiger partial charge >= 0.3 is 0 Å². The minimum atomic E-state index is -0.150. The van der Waals surface area contributed by atoms with Crippen LogP contribution in [0.15, 0.2) is 91.3 Å². The largest absolute Gasteiger partial charge is 0.340 e. The third-order valence-electron chi connectivity index (χ3n) is 5.16. The Labute approximate surface area is 188 Å². The third kappa shape index (κ3) is 5.58. The summed E-state index contributed by atoms with van der Waals surface area (Å²) in [6, 6.07) is 27.3. The van der Waals surface area contributed by atoms with Gasteiger partial charge in [0.05, 0.1) is 5.69 Å². The van der Waals surface area contributed by atoms with Gasteiger partial charge in [0, 0.05) is 28.6 Å². The molecule has 1 amide bonds. The van der Waals surface area contributed by atoms with E-state index in [1.807, 2.05) is 66.7 Å². The van der Waals surface area contributed by atoms with Crippen LogP contribution in [-0.2, 0) is 6.42 Å². The van der Waals surface area contributed by atoms with E-state index >= 15 is 0 Å². The number of unbranched alkanes of at least 4 members (excludes halogenated alkanes) is 1. The van der Waals surface area contributed by atoms with Gasteiger partial charge in [-0.2, -0.15) is 0 Å². The maximum Gasteiger partial charge on any atom is 0.255 e. The zero-order valence-electron chi connectivity index (χ0n) is 18.1. The highest BCUT2D eigenvalue weighted by Crippen LogP contribution is 2.22. The highest BCUT2D eigenvalue weighted by molar-refractivity contribution is 6.04. The molecule has 2 N–H and O–H groups in total. The number of hydrogen-bond acceptors (Lipinski definition) is 4. The first-order chi connectivity index (χ1) is 15.7. The lowest BCUT2D eigenvalue weighted by molar-refractivity contribution is 0.102. The van der Waals surface area contributed by atoms with Crippen molar-refractivity contribution in [3.63, 3.8) is 0 Å². The molecule has 3 aromatic carbocycles. The molecule has 0 fully saturated rings. The van der Waals surface area contributed by atoms with Crippen LogP contribution in [0, 0.1) is 0 Å². The number of carbonyl (C=O) groups excluding carboxylic acids is 1. The molecule has 0 radical (unpaired) electrons. The molecular weight excluding hydrogens is 396 g/mol. The molecule has 5 heteroatoms. The lowest BCUT2D eigenvalue weighted by atomic mass is 10.1. The zero-order valence-corrected chi connectivity index (χ0v) is 18.1. The average molecular weight is 423 g/mol. The first-order valence-electron chi connectivity index (χ1n) is 10.9. The van der Waals surface area contributed by atoms with Crippen molar-refractivity contribution in [2.75, 3.05) is 10.6 Å². The predicted molar refractivity (Wildman–Crippen MR) is 130 cm³/mol. The van der Waals surface area contributed by atoms with Gasteiger partial charge in [-0.25, -0.2) is 9.97 Å². The normalized spacial score (nSPS) is 10.5. The van der Waals surface area contributed by atoms with Crippen molar-refractivity contribution >= 4 is 23.1 Å². The van der Waals surface area contributed by atoms with Crippen molar-refractivity contribution in [3.8, 4) is 11.3 Å². The molecule has 1 aromatic heterocycles. The fourth-order valence-electron chi connectivity index (χ4n) is 3.42. The molecule has 0 unspecified atom stereocenters. The van der Waals surface area contributed by atoms with Crippen LogP contribution in [0.4, 0.5) is 17.2 Å². The van der Waals surface area contributed by atoms with Crippen molar-refractivity contribution in [2.24, 2.45) is 0 Å². The predicted octanol–water partition coefficient (Wildman–Crippen LogP) is 6.48. The summed E-state index contributed by atoms with van der Waals surface area (Å²) < 4.78 is 0. The zero-order chi connectivity index (χ0) is 22.2. The Morgan fingerprint density at radius 2 is 1.66 bits per heavy atom. The van der Waals surface area contributed by atoms with Gasteiger partial charge in [0.15, 0.2) is 0 Å². The summed E-state index contributed by atoms with van der Waals surface area (Å²) in [5.74, 6) is 0.515. The van der Waals surface area contributed by atoms with E-state index in [4.69, 9.17) is 0 Å². The van der Waals surface area contributed by atoms with Gasteiger partial charge in [0.2, 0.25) is 0 Å². The SMILES string of the molecule is CCCCc1ccc(NC(=O)c2cccc(Nc3cc(-c4ccccc4)ncn3)c2)cc1. The highest BCUT2D eigenvalue weighted by atomic mass is 16.1. The third-order valence-corrected chi connectivity index (χ3v) is 5.16. The second-order valence-electron chi connectivity index (χ2n) is 7.61. The average Bonchev–Trinajstić information content (AvgIpc) is 2.84. The Morgan fingerprint density at radius 1 is 0.844 bits per heavy atom. The van der Waals surface area contributed by atoms with Crippen molar-refractivity contribution in [1.82, 2.24) is 9.97 Å². The van der Waals surface area contributed by atoms with E-state index in [9.17, 15) is 4.79 Å². The lowest BCUT2D eigenvalue weighted by Gasteiger charge is -2.10. The monoisotopic (exact) mass is 422 g/mol. The first-order valence-corrected chi connectivity index (χ1v) is 10.9. The van der Waals surface area contributed by atoms with E-state index in [1.165, 1.54) is 24.7 Å². The maximum atomic E-state index is 12.8. The Hall–Kier alpha value is -3.99. The van der Waals surface area contributed by atoms with Crippen LogP contribution in [0.2, 0.25) is 0 Å². The number of hydrogen-bond donors (Lipinski definition) is 2. The maximum absolute atomic E-state index is 12.8. The summed E-state index contributed by atoms with van der Waals surface area (Å²) in [6.07, 6.45) is 4.94. The number of aromatic nitrogens is 2. The minimum Gasteiger partial charge on any atom is -0.340 e. The number of carbonyl (C=O) groups is 1. The summed E-state index contributed by atoms with van der Waals surface area (Å²) >= 11 is 0. The number of amides is 1. The van der Waals surface area contributed by atoms with Crippen LogP contribution < -0.4 is 10.6 Å². The van der Waals surface area contributed by atoms with Crippen LogP contribution in [0.25, 0.3) is 11.3 Å². The number of aryl methyl sites for hydroxylation is 1. The van der Waals surface area contributed by atoms with E-state index in [1.54, 1.807) is 6.07 Å². The first kappa shape index (κ1) is 21.2. The molecule has 0 aliphatic heterocycles. The van der Waals surface area contributed by atoms with Crippen molar-refractivity contribution < 1.29 is 4.79 Å². The van der Waals surface area contributed by atoms with Gasteiger partial charge in [-0.05, 0) is 48.7 Å². The fraction of sp³-hybridized carbons (Fsp3) is 0.148. The minimum absolute atomic E-state index is 0.150. The van der Waals surface area contributed by atoms with Gasteiger partial charge < -0.3 is 10.6 Å². The molecule has 4 aromatic rings.